The minimum Gasteiger partial charge on any atom is -0.457 e. The minimum atomic E-state index is 0.462. The van der Waals surface area contributed by atoms with Crippen LogP contribution < -0.4 is 4.74 Å². The van der Waals surface area contributed by atoms with Crippen molar-refractivity contribution in [1.29, 1.82) is 0 Å². The molecule has 8 aromatic rings. The van der Waals surface area contributed by atoms with E-state index < -0.39 is 0 Å². The summed E-state index contributed by atoms with van der Waals surface area (Å²) >= 11 is 0. The van der Waals surface area contributed by atoms with Crippen LogP contribution in [0, 0.1) is 23.7 Å². The molecule has 268 valence electrons. The van der Waals surface area contributed by atoms with Crippen LogP contribution in [0.1, 0.15) is 17.7 Å². The predicted octanol–water partition coefficient (Wildman–Crippen LogP) is 14.2. The van der Waals surface area contributed by atoms with Gasteiger partial charge in [-0.2, -0.15) is 0 Å². The zero-order valence-corrected chi connectivity index (χ0v) is 31.1. The number of rotatable bonds is 6. The van der Waals surface area contributed by atoms with Crippen molar-refractivity contribution in [3.8, 4) is 39.4 Å². The van der Waals surface area contributed by atoms with Crippen molar-refractivity contribution in [3.05, 3.63) is 205 Å². The van der Waals surface area contributed by atoms with Crippen molar-refractivity contribution in [2.75, 3.05) is 0 Å². The summed E-state index contributed by atoms with van der Waals surface area (Å²) < 4.78 is 9.09. The predicted molar refractivity (Wildman–Crippen MR) is 234 cm³/mol. The van der Waals surface area contributed by atoms with E-state index in [0.717, 1.165) is 23.3 Å². The standard InChI is InChI=1S/C54H41NO/c1-2-12-38(13-3-1)45-29-32-54(48-19-9-8-18-47(45)48)56-44-27-23-37(24-28-44)42-25-30-52-49(34-42)50-35-43(41-22-21-36-11-4-5-15-40(36)33-41)26-31-53(50)55(52)51-20-10-16-39-14-6-7-17-46(39)51/h1-32,34,36,40-41,43H,33,35H2. The van der Waals surface area contributed by atoms with E-state index in [9.17, 15) is 0 Å². The van der Waals surface area contributed by atoms with Gasteiger partial charge >= 0.3 is 0 Å². The van der Waals surface area contributed by atoms with Crippen LogP contribution in [-0.2, 0) is 6.42 Å². The average molecular weight is 720 g/mol. The molecule has 2 nitrogen and oxygen atoms in total. The van der Waals surface area contributed by atoms with E-state index in [0.29, 0.717) is 23.7 Å². The molecule has 0 saturated carbocycles. The summed E-state index contributed by atoms with van der Waals surface area (Å²) in [6, 6.07) is 54.5. The summed E-state index contributed by atoms with van der Waals surface area (Å²) in [5.74, 6) is 3.79. The maximum atomic E-state index is 6.58. The number of allylic oxidation sites excluding steroid dienone is 7. The van der Waals surface area contributed by atoms with Crippen molar-refractivity contribution < 1.29 is 4.74 Å². The highest BCUT2D eigenvalue weighted by Crippen LogP contribution is 2.44. The second-order valence-corrected chi connectivity index (χ2v) is 15.6. The Balaban J connectivity index is 0.957. The van der Waals surface area contributed by atoms with Crippen LogP contribution >= 0.6 is 0 Å². The SMILES string of the molecule is C1=CC2C=CC(C3C=Cc4c(c5cc(-c6ccc(Oc7ccc(-c8ccccc8)c8ccccc78)cc6)ccc5n4-c4cccc5ccccc45)C3)CC2C=C1. The fourth-order valence-corrected chi connectivity index (χ4v) is 9.59. The lowest BCUT2D eigenvalue weighted by molar-refractivity contribution is 0.343. The Bertz CT molecular complexity index is 2900. The normalized spacial score (nSPS) is 19.7. The molecule has 7 aromatic carbocycles. The number of fused-ring (bicyclic) bond motifs is 6. The molecule has 0 fully saturated rings. The molecule has 0 aliphatic heterocycles. The first kappa shape index (κ1) is 32.8. The quantitative estimate of drug-likeness (QED) is 0.156. The molecule has 0 N–H and O–H groups in total. The Labute approximate surface area is 328 Å². The zero-order chi connectivity index (χ0) is 37.0. The monoisotopic (exact) mass is 719 g/mol. The van der Waals surface area contributed by atoms with Crippen molar-refractivity contribution in [2.45, 2.75) is 12.8 Å². The molecule has 4 atom stereocenters. The van der Waals surface area contributed by atoms with Gasteiger partial charge in [-0.15, -0.1) is 0 Å². The summed E-state index contributed by atoms with van der Waals surface area (Å²) in [5.41, 5.74) is 10.0. The molecule has 2 heteroatoms. The molecule has 4 unspecified atom stereocenters. The van der Waals surface area contributed by atoms with Gasteiger partial charge in [-0.25, -0.2) is 0 Å². The Kier molecular flexibility index (Phi) is 7.95. The molecular formula is C54H41NO. The van der Waals surface area contributed by atoms with Gasteiger partial charge in [0.1, 0.15) is 11.5 Å². The van der Waals surface area contributed by atoms with Crippen molar-refractivity contribution in [3.63, 3.8) is 0 Å². The van der Waals surface area contributed by atoms with Gasteiger partial charge < -0.3 is 9.30 Å². The van der Waals surface area contributed by atoms with Gasteiger partial charge in [0.15, 0.2) is 0 Å². The van der Waals surface area contributed by atoms with Gasteiger partial charge in [0.05, 0.1) is 11.2 Å². The highest BCUT2D eigenvalue weighted by molar-refractivity contribution is 6.01. The lowest BCUT2D eigenvalue weighted by atomic mass is 9.71. The number of hydrogen-bond donors (Lipinski definition) is 0. The molecule has 0 amide bonds. The summed E-state index contributed by atoms with van der Waals surface area (Å²) in [5, 5.41) is 6.15. The van der Waals surface area contributed by atoms with E-state index in [1.165, 1.54) is 72.7 Å². The fraction of sp³-hybridized carbons (Fsp3) is 0.111. The molecule has 0 spiro atoms. The van der Waals surface area contributed by atoms with E-state index in [2.05, 4.69) is 205 Å². The number of benzene rings is 7. The van der Waals surface area contributed by atoms with Gasteiger partial charge in [0.25, 0.3) is 0 Å². The van der Waals surface area contributed by atoms with Gasteiger partial charge in [-0.1, -0.05) is 158 Å². The van der Waals surface area contributed by atoms with Gasteiger partial charge in [-0.05, 0) is 112 Å². The van der Waals surface area contributed by atoms with Crippen LogP contribution in [0.25, 0.3) is 66.5 Å². The Hall–Kier alpha value is -6.64. The van der Waals surface area contributed by atoms with Crippen LogP contribution in [0.2, 0.25) is 0 Å². The maximum absolute atomic E-state index is 6.58. The fourth-order valence-electron chi connectivity index (χ4n) is 9.59. The van der Waals surface area contributed by atoms with Crippen molar-refractivity contribution >= 4 is 38.5 Å². The molecule has 1 heterocycles. The van der Waals surface area contributed by atoms with Crippen LogP contribution in [-0.4, -0.2) is 4.57 Å². The zero-order valence-electron chi connectivity index (χ0n) is 31.1. The van der Waals surface area contributed by atoms with Gasteiger partial charge in [0, 0.05) is 27.8 Å². The van der Waals surface area contributed by atoms with E-state index in [1.54, 1.807) is 0 Å². The van der Waals surface area contributed by atoms with E-state index in [-0.39, 0.29) is 0 Å². The number of aromatic nitrogens is 1. The largest absolute Gasteiger partial charge is 0.457 e. The number of hydrogen-bond acceptors (Lipinski definition) is 1. The Morgan fingerprint density at radius 2 is 1.27 bits per heavy atom. The first-order valence-corrected chi connectivity index (χ1v) is 20.0. The lowest BCUT2D eigenvalue weighted by Crippen LogP contribution is -2.25. The van der Waals surface area contributed by atoms with Crippen LogP contribution in [0.3, 0.4) is 0 Å². The molecule has 1 aromatic heterocycles. The second-order valence-electron chi connectivity index (χ2n) is 15.6. The first-order chi connectivity index (χ1) is 27.7. The molecule has 0 bridgehead atoms. The molecular weight excluding hydrogens is 679 g/mol. The summed E-state index contributed by atoms with van der Waals surface area (Å²) in [6.07, 6.45) is 21.3. The lowest BCUT2D eigenvalue weighted by Gasteiger charge is -2.34. The highest BCUT2D eigenvalue weighted by atomic mass is 16.5. The third-order valence-electron chi connectivity index (χ3n) is 12.4. The number of ether oxygens (including phenoxy) is 1. The Morgan fingerprint density at radius 3 is 2.16 bits per heavy atom. The summed E-state index contributed by atoms with van der Waals surface area (Å²) in [7, 11) is 0. The molecule has 0 saturated heterocycles. The summed E-state index contributed by atoms with van der Waals surface area (Å²) in [4.78, 5) is 0. The summed E-state index contributed by atoms with van der Waals surface area (Å²) in [6.45, 7) is 0. The third kappa shape index (κ3) is 5.64. The molecule has 56 heavy (non-hydrogen) atoms. The highest BCUT2D eigenvalue weighted by Gasteiger charge is 2.32. The molecule has 3 aliphatic carbocycles. The molecule has 11 rings (SSSR count). The van der Waals surface area contributed by atoms with Crippen LogP contribution in [0.15, 0.2) is 194 Å². The third-order valence-corrected chi connectivity index (χ3v) is 12.4. The average Bonchev–Trinajstić information content (AvgIpc) is 3.59. The topological polar surface area (TPSA) is 14.2 Å². The maximum Gasteiger partial charge on any atom is 0.135 e. The van der Waals surface area contributed by atoms with E-state index in [4.69, 9.17) is 4.74 Å². The minimum absolute atomic E-state index is 0.462. The molecule has 0 radical (unpaired) electrons. The van der Waals surface area contributed by atoms with Gasteiger partial charge in [-0.3, -0.25) is 0 Å². The number of nitrogens with zero attached hydrogens (tertiary/aromatic N) is 1. The first-order valence-electron chi connectivity index (χ1n) is 20.0. The van der Waals surface area contributed by atoms with Gasteiger partial charge in [0.2, 0.25) is 0 Å². The second kappa shape index (κ2) is 13.6. The van der Waals surface area contributed by atoms with Crippen LogP contribution in [0.5, 0.6) is 11.5 Å². The smallest absolute Gasteiger partial charge is 0.135 e. The van der Waals surface area contributed by atoms with E-state index >= 15 is 0 Å². The van der Waals surface area contributed by atoms with Crippen molar-refractivity contribution in [1.82, 2.24) is 4.57 Å². The van der Waals surface area contributed by atoms with Crippen LogP contribution in [0.4, 0.5) is 0 Å². The van der Waals surface area contributed by atoms with E-state index in [1.807, 2.05) is 0 Å². The Morgan fingerprint density at radius 1 is 0.500 bits per heavy atom. The van der Waals surface area contributed by atoms with Crippen molar-refractivity contribution in [2.24, 2.45) is 23.7 Å². The molecule has 3 aliphatic rings.